The Morgan fingerprint density at radius 2 is 1.92 bits per heavy atom. The van der Waals surface area contributed by atoms with Gasteiger partial charge in [-0.15, -0.1) is 10.2 Å². The van der Waals surface area contributed by atoms with E-state index in [0.29, 0.717) is 5.75 Å². The minimum atomic E-state index is -1.17. The molecular weight excluding hydrogens is 334 g/mol. The average Bonchev–Trinajstić information content (AvgIpc) is 3.18. The van der Waals surface area contributed by atoms with Crippen molar-refractivity contribution in [1.82, 2.24) is 19.5 Å². The van der Waals surface area contributed by atoms with E-state index in [1.54, 1.807) is 0 Å². The van der Waals surface area contributed by atoms with Gasteiger partial charge in [0.15, 0.2) is 11.5 Å². The maximum absolute atomic E-state index is 11.9. The van der Waals surface area contributed by atoms with Gasteiger partial charge < -0.3 is 10.0 Å². The molecule has 1 aliphatic rings. The van der Waals surface area contributed by atoms with Gasteiger partial charge in [-0.25, -0.2) is 4.68 Å². The molecule has 2 aromatic heterocycles. The van der Waals surface area contributed by atoms with E-state index in [-0.39, 0.29) is 6.04 Å². The molecule has 3 heterocycles. The number of para-hydroxylation sites is 1. The Bertz CT molecular complexity index is 888. The molecule has 1 N–H and O–H groups in total. The summed E-state index contributed by atoms with van der Waals surface area (Å²) in [6.45, 7) is 6.11. The number of benzene rings is 1. The van der Waals surface area contributed by atoms with Gasteiger partial charge in [0.05, 0.1) is 11.4 Å². The first-order chi connectivity index (χ1) is 12.0. The summed E-state index contributed by atoms with van der Waals surface area (Å²) in [6.07, 6.45) is 1.94. The molecule has 1 aliphatic heterocycles. The molecule has 0 fully saturated rings. The third-order valence-corrected chi connectivity index (χ3v) is 5.53. The van der Waals surface area contributed by atoms with Crippen molar-refractivity contribution in [3.05, 3.63) is 60.2 Å². The predicted octanol–water partition coefficient (Wildman–Crippen LogP) is 2.87. The zero-order valence-corrected chi connectivity index (χ0v) is 15.3. The van der Waals surface area contributed by atoms with Crippen LogP contribution in [0.25, 0.3) is 0 Å². The summed E-state index contributed by atoms with van der Waals surface area (Å²) in [6, 6.07) is 14.1. The van der Waals surface area contributed by atoms with Crippen molar-refractivity contribution in [2.24, 2.45) is 0 Å². The van der Waals surface area contributed by atoms with Crippen molar-refractivity contribution in [1.29, 1.82) is 0 Å². The molecule has 7 heteroatoms. The second-order valence-electron chi connectivity index (χ2n) is 6.48. The normalized spacial score (nSPS) is 19.4. The van der Waals surface area contributed by atoms with E-state index in [0.717, 1.165) is 22.4 Å². The summed E-state index contributed by atoms with van der Waals surface area (Å²) in [5.74, 6) is 1.25. The first-order valence-corrected chi connectivity index (χ1v) is 9.31. The Hall–Kier alpha value is -2.25. The molecule has 0 amide bonds. The van der Waals surface area contributed by atoms with Crippen LogP contribution in [0.5, 0.6) is 0 Å². The van der Waals surface area contributed by atoms with Gasteiger partial charge in [0.25, 0.3) is 0 Å². The van der Waals surface area contributed by atoms with Crippen LogP contribution in [0, 0.1) is 6.92 Å². The lowest BCUT2D eigenvalue weighted by Gasteiger charge is -2.43. The van der Waals surface area contributed by atoms with Crippen LogP contribution in [0.1, 0.15) is 25.4 Å². The number of thioether (sulfide) groups is 1. The van der Waals surface area contributed by atoms with Crippen LogP contribution in [0.4, 0.5) is 5.69 Å². The van der Waals surface area contributed by atoms with Crippen molar-refractivity contribution >= 4 is 17.4 Å². The molecule has 25 heavy (non-hydrogen) atoms. The molecule has 1 atom stereocenters. The Labute approximate surface area is 151 Å². The van der Waals surface area contributed by atoms with E-state index in [1.165, 1.54) is 11.8 Å². The van der Waals surface area contributed by atoms with Gasteiger partial charge in [0, 0.05) is 17.9 Å². The average molecular weight is 355 g/mol. The number of aryl methyl sites for hydroxylation is 1. The van der Waals surface area contributed by atoms with E-state index >= 15 is 0 Å². The second-order valence-corrected chi connectivity index (χ2v) is 7.43. The van der Waals surface area contributed by atoms with E-state index in [2.05, 4.69) is 28.9 Å². The molecule has 0 saturated carbocycles. The zero-order valence-electron chi connectivity index (χ0n) is 14.5. The van der Waals surface area contributed by atoms with Crippen LogP contribution in [0.2, 0.25) is 0 Å². The van der Waals surface area contributed by atoms with Gasteiger partial charge in [-0.05, 0) is 45.0 Å². The maximum Gasteiger partial charge on any atom is 0.210 e. The third kappa shape index (κ3) is 2.46. The van der Waals surface area contributed by atoms with Crippen LogP contribution in [0.15, 0.2) is 53.8 Å². The number of aliphatic hydroxyl groups is 1. The number of rotatable bonds is 3. The monoisotopic (exact) mass is 355 g/mol. The Morgan fingerprint density at radius 3 is 2.64 bits per heavy atom. The fourth-order valence-corrected chi connectivity index (χ4v) is 4.56. The van der Waals surface area contributed by atoms with Gasteiger partial charge in [-0.3, -0.25) is 4.68 Å². The fourth-order valence-electron chi connectivity index (χ4n) is 3.50. The SMILES string of the molecule is Cc1nnc2n1-n1cccc1C(O)(N(c1ccccc1)C(C)C)CS2. The number of hydrogen-bond donors (Lipinski definition) is 1. The van der Waals surface area contributed by atoms with E-state index < -0.39 is 5.72 Å². The quantitative estimate of drug-likeness (QED) is 0.732. The lowest BCUT2D eigenvalue weighted by Crippen LogP contribution is -2.52. The third-order valence-electron chi connectivity index (χ3n) is 4.47. The molecule has 0 bridgehead atoms. The smallest absolute Gasteiger partial charge is 0.210 e. The van der Waals surface area contributed by atoms with Crippen molar-refractivity contribution in [2.75, 3.05) is 10.7 Å². The Kier molecular flexibility index (Phi) is 3.85. The lowest BCUT2D eigenvalue weighted by atomic mass is 10.1. The number of aromatic nitrogens is 4. The summed E-state index contributed by atoms with van der Waals surface area (Å²) < 4.78 is 3.89. The fraction of sp³-hybridized carbons (Fsp3) is 0.333. The highest BCUT2D eigenvalue weighted by molar-refractivity contribution is 7.99. The molecule has 0 radical (unpaired) electrons. The van der Waals surface area contributed by atoms with Crippen LogP contribution >= 0.6 is 11.8 Å². The minimum Gasteiger partial charge on any atom is -0.365 e. The number of nitrogens with zero attached hydrogens (tertiary/aromatic N) is 5. The lowest BCUT2D eigenvalue weighted by molar-refractivity contribution is 0.0433. The molecule has 4 rings (SSSR count). The first-order valence-electron chi connectivity index (χ1n) is 8.32. The van der Waals surface area contributed by atoms with E-state index in [4.69, 9.17) is 0 Å². The molecule has 1 aromatic carbocycles. The highest BCUT2D eigenvalue weighted by Crippen LogP contribution is 2.40. The van der Waals surface area contributed by atoms with E-state index in [1.807, 2.05) is 64.9 Å². The van der Waals surface area contributed by atoms with E-state index in [9.17, 15) is 5.11 Å². The summed E-state index contributed by atoms with van der Waals surface area (Å²) >= 11 is 1.52. The molecule has 0 aliphatic carbocycles. The van der Waals surface area contributed by atoms with Gasteiger partial charge in [0.2, 0.25) is 5.16 Å². The van der Waals surface area contributed by atoms with Crippen LogP contribution in [0.3, 0.4) is 0 Å². The van der Waals surface area contributed by atoms with Crippen molar-refractivity contribution in [2.45, 2.75) is 37.7 Å². The number of fused-ring (bicyclic) bond motifs is 3. The summed E-state index contributed by atoms with van der Waals surface area (Å²) in [4.78, 5) is 2.07. The van der Waals surface area contributed by atoms with Gasteiger partial charge >= 0.3 is 0 Å². The van der Waals surface area contributed by atoms with Gasteiger partial charge in [-0.1, -0.05) is 30.0 Å². The molecular formula is C18H21N5OS. The van der Waals surface area contributed by atoms with Crippen LogP contribution < -0.4 is 4.90 Å². The number of anilines is 1. The highest BCUT2D eigenvalue weighted by Gasteiger charge is 2.43. The molecule has 0 saturated heterocycles. The van der Waals surface area contributed by atoms with Crippen molar-refractivity contribution in [3.8, 4) is 0 Å². The van der Waals surface area contributed by atoms with Crippen LogP contribution in [-0.4, -0.2) is 36.5 Å². The maximum atomic E-state index is 11.9. The molecule has 130 valence electrons. The van der Waals surface area contributed by atoms with Crippen molar-refractivity contribution in [3.63, 3.8) is 0 Å². The summed E-state index contributed by atoms with van der Waals surface area (Å²) in [5, 5.41) is 21.1. The Balaban J connectivity index is 1.91. The standard InChI is InChI=1S/C18H21N5OS/c1-13(2)22(15-8-5-4-6-9-15)18(24)12-25-17-20-19-14(3)23(17)21-11-7-10-16(18)21/h4-11,13,24H,12H2,1-3H3. The predicted molar refractivity (Wildman–Crippen MR) is 98.7 cm³/mol. The van der Waals surface area contributed by atoms with Gasteiger partial charge in [-0.2, -0.15) is 0 Å². The first kappa shape index (κ1) is 16.2. The van der Waals surface area contributed by atoms with Gasteiger partial charge in [0.1, 0.15) is 0 Å². The molecule has 1 unspecified atom stereocenters. The topological polar surface area (TPSA) is 59.1 Å². The molecule has 6 nitrogen and oxygen atoms in total. The summed E-state index contributed by atoms with van der Waals surface area (Å²) in [5.41, 5.74) is 0.624. The second kappa shape index (κ2) is 5.93. The van der Waals surface area contributed by atoms with Crippen LogP contribution in [-0.2, 0) is 5.72 Å². The molecule has 0 spiro atoms. The Morgan fingerprint density at radius 1 is 1.16 bits per heavy atom. The van der Waals surface area contributed by atoms with Crippen molar-refractivity contribution < 1.29 is 5.11 Å². The zero-order chi connectivity index (χ0) is 17.6. The minimum absolute atomic E-state index is 0.112. The number of hydrogen-bond acceptors (Lipinski definition) is 5. The molecule has 3 aromatic rings. The largest absolute Gasteiger partial charge is 0.365 e. The summed E-state index contributed by atoms with van der Waals surface area (Å²) in [7, 11) is 0. The highest BCUT2D eigenvalue weighted by atomic mass is 32.2.